The highest BCUT2D eigenvalue weighted by Gasteiger charge is 2.10. The Kier molecular flexibility index (Phi) is 4.22. The average molecular weight is 349 g/mol. The lowest BCUT2D eigenvalue weighted by Gasteiger charge is -2.00. The van der Waals surface area contributed by atoms with E-state index in [9.17, 15) is 0 Å². The van der Waals surface area contributed by atoms with Gasteiger partial charge in [0.25, 0.3) is 0 Å². The first kappa shape index (κ1) is 15.5. The molecule has 25 heavy (non-hydrogen) atoms. The maximum absolute atomic E-state index is 5.23. The minimum absolute atomic E-state index is 0.486. The van der Waals surface area contributed by atoms with Crippen LogP contribution < -0.4 is 4.74 Å². The first-order valence-corrected chi connectivity index (χ1v) is 8.62. The summed E-state index contributed by atoms with van der Waals surface area (Å²) in [7, 11) is 1.63. The van der Waals surface area contributed by atoms with Crippen molar-refractivity contribution in [1.82, 2.24) is 25.2 Å². The van der Waals surface area contributed by atoms with Gasteiger partial charge in [-0.25, -0.2) is 4.98 Å². The number of benzene rings is 2. The van der Waals surface area contributed by atoms with Crippen LogP contribution in [0.4, 0.5) is 0 Å². The molecule has 0 saturated carbocycles. The second kappa shape index (κ2) is 6.82. The molecule has 0 fully saturated rings. The van der Waals surface area contributed by atoms with E-state index in [-0.39, 0.29) is 0 Å². The lowest BCUT2D eigenvalue weighted by molar-refractivity contribution is 0.415. The predicted molar refractivity (Wildman–Crippen MR) is 96.5 cm³/mol. The van der Waals surface area contributed by atoms with Crippen molar-refractivity contribution in [3.8, 4) is 27.7 Å². The third-order valence-electron chi connectivity index (χ3n) is 3.66. The van der Waals surface area contributed by atoms with Crippen LogP contribution in [0.3, 0.4) is 0 Å². The molecule has 0 aliphatic heterocycles. The van der Waals surface area contributed by atoms with E-state index in [4.69, 9.17) is 4.74 Å². The topological polar surface area (TPSA) is 65.7 Å². The second-order valence-corrected chi connectivity index (χ2v) is 6.24. The summed E-state index contributed by atoms with van der Waals surface area (Å²) in [6, 6.07) is 17.7. The SMILES string of the molecule is COc1cccc(-c2nnn(Cc3csc(-c4ccccc4)n3)n2)c1. The number of tetrazole rings is 1. The van der Waals surface area contributed by atoms with Crippen LogP contribution in [0.1, 0.15) is 5.69 Å². The van der Waals surface area contributed by atoms with Crippen molar-refractivity contribution in [3.63, 3.8) is 0 Å². The molecule has 2 aromatic heterocycles. The summed E-state index contributed by atoms with van der Waals surface area (Å²) in [5, 5.41) is 15.7. The fourth-order valence-corrected chi connectivity index (χ4v) is 3.24. The number of rotatable bonds is 5. The van der Waals surface area contributed by atoms with Crippen LogP contribution in [-0.2, 0) is 6.54 Å². The highest BCUT2D eigenvalue weighted by Crippen LogP contribution is 2.24. The molecule has 0 amide bonds. The average Bonchev–Trinajstić information content (AvgIpc) is 3.33. The summed E-state index contributed by atoms with van der Waals surface area (Å²) in [4.78, 5) is 6.21. The number of methoxy groups -OCH3 is 1. The summed E-state index contributed by atoms with van der Waals surface area (Å²) in [6.07, 6.45) is 0. The number of hydrogen-bond acceptors (Lipinski definition) is 6. The Morgan fingerprint density at radius 3 is 2.72 bits per heavy atom. The Bertz CT molecular complexity index is 980. The van der Waals surface area contributed by atoms with Gasteiger partial charge in [0.2, 0.25) is 5.82 Å². The van der Waals surface area contributed by atoms with E-state index in [2.05, 4.69) is 32.5 Å². The molecule has 0 N–H and O–H groups in total. The van der Waals surface area contributed by atoms with Gasteiger partial charge in [0, 0.05) is 16.5 Å². The molecule has 0 spiro atoms. The van der Waals surface area contributed by atoms with Crippen molar-refractivity contribution in [1.29, 1.82) is 0 Å². The fraction of sp³-hybridized carbons (Fsp3) is 0.111. The molecule has 6 nitrogen and oxygen atoms in total. The molecule has 4 rings (SSSR count). The standard InChI is InChI=1S/C18H15N5OS/c1-24-16-9-5-8-14(10-16)17-20-22-23(21-17)11-15-12-25-18(19-15)13-6-3-2-4-7-13/h2-10,12H,11H2,1H3. The van der Waals surface area contributed by atoms with Crippen molar-refractivity contribution in [2.24, 2.45) is 0 Å². The number of aromatic nitrogens is 5. The third-order valence-corrected chi connectivity index (χ3v) is 4.60. The van der Waals surface area contributed by atoms with Gasteiger partial charge < -0.3 is 4.74 Å². The van der Waals surface area contributed by atoms with Crippen LogP contribution in [0.15, 0.2) is 60.0 Å². The van der Waals surface area contributed by atoms with Gasteiger partial charge in [-0.2, -0.15) is 4.80 Å². The van der Waals surface area contributed by atoms with Crippen LogP contribution in [-0.4, -0.2) is 32.3 Å². The Morgan fingerprint density at radius 1 is 1.04 bits per heavy atom. The molecule has 0 radical (unpaired) electrons. The monoisotopic (exact) mass is 349 g/mol. The summed E-state index contributed by atoms with van der Waals surface area (Å²) < 4.78 is 5.23. The number of thiazole rings is 1. The van der Waals surface area contributed by atoms with Gasteiger partial charge in [0.1, 0.15) is 17.3 Å². The zero-order valence-electron chi connectivity index (χ0n) is 13.5. The van der Waals surface area contributed by atoms with Gasteiger partial charge in [-0.3, -0.25) is 0 Å². The van der Waals surface area contributed by atoms with E-state index in [1.807, 2.05) is 47.8 Å². The first-order valence-electron chi connectivity index (χ1n) is 7.74. The van der Waals surface area contributed by atoms with Crippen molar-refractivity contribution in [2.45, 2.75) is 6.54 Å². The van der Waals surface area contributed by atoms with Gasteiger partial charge in [-0.1, -0.05) is 42.5 Å². The van der Waals surface area contributed by atoms with Crippen LogP contribution >= 0.6 is 11.3 Å². The van der Waals surface area contributed by atoms with E-state index in [1.165, 1.54) is 0 Å². The van der Waals surface area contributed by atoms with Crippen LogP contribution in [0.25, 0.3) is 22.0 Å². The van der Waals surface area contributed by atoms with Crippen molar-refractivity contribution >= 4 is 11.3 Å². The zero-order chi connectivity index (χ0) is 17.1. The molecular formula is C18H15N5OS. The number of ether oxygens (including phenoxy) is 1. The van der Waals surface area contributed by atoms with Gasteiger partial charge in [-0.15, -0.1) is 21.5 Å². The number of hydrogen-bond donors (Lipinski definition) is 0. The Morgan fingerprint density at radius 2 is 1.88 bits per heavy atom. The van der Waals surface area contributed by atoms with Crippen LogP contribution in [0.2, 0.25) is 0 Å². The summed E-state index contributed by atoms with van der Waals surface area (Å²) in [5.74, 6) is 1.33. The lowest BCUT2D eigenvalue weighted by Crippen LogP contribution is -2.04. The van der Waals surface area contributed by atoms with Crippen LogP contribution in [0.5, 0.6) is 5.75 Å². The smallest absolute Gasteiger partial charge is 0.205 e. The minimum atomic E-state index is 0.486. The van der Waals surface area contributed by atoms with Crippen molar-refractivity contribution in [3.05, 3.63) is 65.7 Å². The highest BCUT2D eigenvalue weighted by atomic mass is 32.1. The van der Waals surface area contributed by atoms with E-state index >= 15 is 0 Å². The minimum Gasteiger partial charge on any atom is -0.497 e. The van der Waals surface area contributed by atoms with E-state index in [1.54, 1.807) is 23.2 Å². The molecule has 0 bridgehead atoms. The molecule has 2 heterocycles. The maximum atomic E-state index is 5.23. The fourth-order valence-electron chi connectivity index (χ4n) is 2.43. The lowest BCUT2D eigenvalue weighted by atomic mass is 10.2. The Hall–Kier alpha value is -3.06. The van der Waals surface area contributed by atoms with Crippen molar-refractivity contribution < 1.29 is 4.74 Å². The van der Waals surface area contributed by atoms with Gasteiger partial charge >= 0.3 is 0 Å². The molecule has 0 aliphatic carbocycles. The van der Waals surface area contributed by atoms with E-state index < -0.39 is 0 Å². The molecule has 2 aromatic carbocycles. The van der Waals surface area contributed by atoms with Crippen molar-refractivity contribution in [2.75, 3.05) is 7.11 Å². The summed E-state index contributed by atoms with van der Waals surface area (Å²) >= 11 is 1.61. The predicted octanol–water partition coefficient (Wildman–Crippen LogP) is 3.52. The molecule has 7 heteroatoms. The summed E-state index contributed by atoms with van der Waals surface area (Å²) in [6.45, 7) is 0.486. The molecule has 4 aromatic rings. The first-order chi connectivity index (χ1) is 12.3. The second-order valence-electron chi connectivity index (χ2n) is 5.39. The Labute approximate surface area is 148 Å². The van der Waals surface area contributed by atoms with E-state index in [0.29, 0.717) is 12.4 Å². The van der Waals surface area contributed by atoms with Gasteiger partial charge in [-0.05, 0) is 17.3 Å². The maximum Gasteiger partial charge on any atom is 0.205 e. The van der Waals surface area contributed by atoms with E-state index in [0.717, 1.165) is 27.6 Å². The summed E-state index contributed by atoms with van der Waals surface area (Å²) in [5.41, 5.74) is 2.90. The molecule has 124 valence electrons. The Balaban J connectivity index is 1.53. The largest absolute Gasteiger partial charge is 0.497 e. The van der Waals surface area contributed by atoms with Gasteiger partial charge in [0.05, 0.1) is 12.8 Å². The normalized spacial score (nSPS) is 10.8. The number of nitrogens with zero attached hydrogens (tertiary/aromatic N) is 5. The van der Waals surface area contributed by atoms with Gasteiger partial charge in [0.15, 0.2) is 0 Å². The third kappa shape index (κ3) is 3.41. The molecule has 0 atom stereocenters. The molecule has 0 saturated heterocycles. The zero-order valence-corrected chi connectivity index (χ0v) is 14.3. The molecular weight excluding hydrogens is 334 g/mol. The van der Waals surface area contributed by atoms with Crippen LogP contribution in [0, 0.1) is 0 Å². The highest BCUT2D eigenvalue weighted by molar-refractivity contribution is 7.13. The molecule has 0 unspecified atom stereocenters. The molecule has 0 aliphatic rings. The quantitative estimate of drug-likeness (QED) is 0.551.